The summed E-state index contributed by atoms with van der Waals surface area (Å²) in [7, 11) is 0. The lowest BCUT2D eigenvalue weighted by atomic mass is 10.1. The zero-order chi connectivity index (χ0) is 20.4. The van der Waals surface area contributed by atoms with Crippen LogP contribution in [0.25, 0.3) is 6.08 Å². The Balaban J connectivity index is 1.70. The van der Waals surface area contributed by atoms with E-state index in [9.17, 15) is 14.7 Å². The van der Waals surface area contributed by atoms with Crippen molar-refractivity contribution in [3.63, 3.8) is 0 Å². The summed E-state index contributed by atoms with van der Waals surface area (Å²) >= 11 is 7.51. The number of carbonyl (C=O) groups excluding carboxylic acids is 2. The van der Waals surface area contributed by atoms with Crippen LogP contribution in [0.15, 0.2) is 82.6 Å². The molecule has 0 saturated carbocycles. The third-order valence-corrected chi connectivity index (χ3v) is 5.82. The van der Waals surface area contributed by atoms with Crippen molar-refractivity contribution in [1.29, 1.82) is 0 Å². The molecule has 3 aromatic rings. The number of amides is 1. The van der Waals surface area contributed by atoms with Gasteiger partial charge in [0, 0.05) is 9.92 Å². The third kappa shape index (κ3) is 4.21. The first-order valence-corrected chi connectivity index (χ1v) is 10.1. The number of halogens is 1. The predicted molar refractivity (Wildman–Crippen MR) is 114 cm³/mol. The molecule has 0 radical (unpaired) electrons. The summed E-state index contributed by atoms with van der Waals surface area (Å²) < 4.78 is 0. The molecule has 144 valence electrons. The molecular weight excluding hydrogens is 406 g/mol. The van der Waals surface area contributed by atoms with Crippen LogP contribution in [0.3, 0.4) is 0 Å². The molecule has 0 atom stereocenters. The summed E-state index contributed by atoms with van der Waals surface area (Å²) in [5, 5.41) is 11.6. The van der Waals surface area contributed by atoms with E-state index in [1.165, 1.54) is 23.9 Å². The largest absolute Gasteiger partial charge is 0.545 e. The average molecular weight is 421 g/mol. The average Bonchev–Trinajstić information content (AvgIpc) is 2.71. The van der Waals surface area contributed by atoms with Gasteiger partial charge in [-0.2, -0.15) is 0 Å². The number of benzene rings is 3. The van der Waals surface area contributed by atoms with Crippen molar-refractivity contribution >= 4 is 47.0 Å². The maximum atomic E-state index is 13.3. The standard InChI is InChI=1S/C23H16ClNO3S/c24-18-5-3-4-16(12-18)14-25-19-6-1-2-7-20(19)29-21(22(25)26)13-15-8-10-17(11-9-15)23(27)28/h1-13H,14H2,(H,27,28)/p-1. The second-order valence-electron chi connectivity index (χ2n) is 6.51. The fraction of sp³-hybridized carbons (Fsp3) is 0.0435. The van der Waals surface area contributed by atoms with E-state index in [4.69, 9.17) is 11.6 Å². The highest BCUT2D eigenvalue weighted by atomic mass is 35.5. The van der Waals surface area contributed by atoms with Gasteiger partial charge in [-0.05, 0) is 47.0 Å². The number of carboxylic acids is 1. The Labute approximate surface area is 177 Å². The van der Waals surface area contributed by atoms with Crippen LogP contribution in [0.4, 0.5) is 5.69 Å². The number of aromatic carboxylic acids is 1. The number of hydrogen-bond acceptors (Lipinski definition) is 4. The number of fused-ring (bicyclic) bond motifs is 1. The molecule has 29 heavy (non-hydrogen) atoms. The molecule has 1 aliphatic rings. The first-order chi connectivity index (χ1) is 14.0. The Kier molecular flexibility index (Phi) is 5.43. The van der Waals surface area contributed by atoms with Crippen molar-refractivity contribution < 1.29 is 14.7 Å². The number of para-hydroxylation sites is 1. The lowest BCUT2D eigenvalue weighted by Crippen LogP contribution is -2.33. The van der Waals surface area contributed by atoms with Gasteiger partial charge >= 0.3 is 0 Å². The Morgan fingerprint density at radius 3 is 2.52 bits per heavy atom. The van der Waals surface area contributed by atoms with Crippen LogP contribution in [0.5, 0.6) is 0 Å². The molecule has 3 aromatic carbocycles. The van der Waals surface area contributed by atoms with Crippen molar-refractivity contribution in [2.75, 3.05) is 4.90 Å². The van der Waals surface area contributed by atoms with Crippen LogP contribution >= 0.6 is 23.4 Å². The third-order valence-electron chi connectivity index (χ3n) is 4.51. The molecular formula is C23H15ClNO3S-. The molecule has 1 heterocycles. The van der Waals surface area contributed by atoms with Crippen LogP contribution in [0.2, 0.25) is 5.02 Å². The van der Waals surface area contributed by atoms with E-state index in [1.54, 1.807) is 29.2 Å². The number of anilines is 1. The summed E-state index contributed by atoms with van der Waals surface area (Å²) in [6.07, 6.45) is 1.77. The molecule has 4 rings (SSSR count). The fourth-order valence-electron chi connectivity index (χ4n) is 3.10. The molecule has 4 nitrogen and oxygen atoms in total. The molecule has 0 aliphatic carbocycles. The second kappa shape index (κ2) is 8.15. The maximum Gasteiger partial charge on any atom is 0.265 e. The van der Waals surface area contributed by atoms with Crippen molar-refractivity contribution in [3.05, 3.63) is 99.4 Å². The van der Waals surface area contributed by atoms with Gasteiger partial charge in [-0.25, -0.2) is 0 Å². The molecule has 0 saturated heterocycles. The first kappa shape index (κ1) is 19.3. The minimum Gasteiger partial charge on any atom is -0.545 e. The van der Waals surface area contributed by atoms with E-state index in [-0.39, 0.29) is 11.5 Å². The highest BCUT2D eigenvalue weighted by molar-refractivity contribution is 8.04. The van der Waals surface area contributed by atoms with Gasteiger partial charge in [-0.15, -0.1) is 0 Å². The molecule has 0 spiro atoms. The van der Waals surface area contributed by atoms with Gasteiger partial charge in [0.1, 0.15) is 0 Å². The molecule has 0 N–H and O–H groups in total. The highest BCUT2D eigenvalue weighted by Crippen LogP contribution is 2.42. The van der Waals surface area contributed by atoms with Crippen molar-refractivity contribution in [2.45, 2.75) is 11.4 Å². The van der Waals surface area contributed by atoms with Crippen molar-refractivity contribution in [2.24, 2.45) is 0 Å². The SMILES string of the molecule is O=C([O-])c1ccc(C=C2Sc3ccccc3N(Cc3cccc(Cl)c3)C2=O)cc1. The monoisotopic (exact) mass is 420 g/mol. The van der Waals surface area contributed by atoms with Crippen LogP contribution in [-0.4, -0.2) is 11.9 Å². The molecule has 0 bridgehead atoms. The summed E-state index contributed by atoms with van der Waals surface area (Å²) in [6, 6.07) is 21.5. The normalized spacial score (nSPS) is 14.7. The van der Waals surface area contributed by atoms with Crippen LogP contribution < -0.4 is 10.0 Å². The van der Waals surface area contributed by atoms with Crippen molar-refractivity contribution in [1.82, 2.24) is 0 Å². The minimum absolute atomic E-state index is 0.0997. The Hall–Kier alpha value is -3.02. The van der Waals surface area contributed by atoms with Gasteiger partial charge in [0.15, 0.2) is 0 Å². The van der Waals surface area contributed by atoms with Crippen LogP contribution in [0, 0.1) is 0 Å². The topological polar surface area (TPSA) is 60.4 Å². The van der Waals surface area contributed by atoms with E-state index < -0.39 is 5.97 Å². The van der Waals surface area contributed by atoms with Gasteiger partial charge < -0.3 is 14.8 Å². The number of carbonyl (C=O) groups is 2. The lowest BCUT2D eigenvalue weighted by Gasteiger charge is -2.30. The zero-order valence-electron chi connectivity index (χ0n) is 15.2. The van der Waals surface area contributed by atoms with Gasteiger partial charge in [-0.1, -0.05) is 71.9 Å². The lowest BCUT2D eigenvalue weighted by molar-refractivity contribution is -0.255. The van der Waals surface area contributed by atoms with Crippen LogP contribution in [-0.2, 0) is 11.3 Å². The van der Waals surface area contributed by atoms with Gasteiger partial charge in [0.25, 0.3) is 5.91 Å². The van der Waals surface area contributed by atoms with Gasteiger partial charge in [-0.3, -0.25) is 4.79 Å². The van der Waals surface area contributed by atoms with Gasteiger partial charge in [0.05, 0.1) is 23.1 Å². The Morgan fingerprint density at radius 1 is 1.03 bits per heavy atom. The van der Waals surface area contributed by atoms with Crippen molar-refractivity contribution in [3.8, 4) is 0 Å². The molecule has 0 fully saturated rings. The number of hydrogen-bond donors (Lipinski definition) is 0. The van der Waals surface area contributed by atoms with E-state index in [2.05, 4.69) is 0 Å². The van der Waals surface area contributed by atoms with Gasteiger partial charge in [0.2, 0.25) is 0 Å². The Bertz CT molecular complexity index is 1120. The number of rotatable bonds is 4. The number of nitrogens with zero attached hydrogens (tertiary/aromatic N) is 1. The summed E-state index contributed by atoms with van der Waals surface area (Å²) in [6.45, 7) is 0.401. The van der Waals surface area contributed by atoms with E-state index in [0.717, 1.165) is 21.7 Å². The first-order valence-electron chi connectivity index (χ1n) is 8.87. The predicted octanol–water partition coefficient (Wildman–Crippen LogP) is 4.38. The maximum absolute atomic E-state index is 13.3. The fourth-order valence-corrected chi connectivity index (χ4v) is 4.38. The summed E-state index contributed by atoms with van der Waals surface area (Å²) in [5.41, 5.74) is 2.63. The second-order valence-corrected chi connectivity index (χ2v) is 8.03. The zero-order valence-corrected chi connectivity index (χ0v) is 16.7. The van der Waals surface area contributed by atoms with Crippen LogP contribution in [0.1, 0.15) is 21.5 Å². The summed E-state index contributed by atoms with van der Waals surface area (Å²) in [4.78, 5) is 27.5. The summed E-state index contributed by atoms with van der Waals surface area (Å²) in [5.74, 6) is -1.34. The number of carboxylic acid groups (broad SMARTS) is 1. The molecule has 0 unspecified atom stereocenters. The molecule has 6 heteroatoms. The van der Waals surface area contributed by atoms with E-state index in [1.807, 2.05) is 42.5 Å². The van der Waals surface area contributed by atoms with E-state index in [0.29, 0.717) is 16.5 Å². The van der Waals surface area contributed by atoms with E-state index >= 15 is 0 Å². The number of thioether (sulfide) groups is 1. The smallest absolute Gasteiger partial charge is 0.265 e. The molecule has 0 aromatic heterocycles. The molecule has 1 aliphatic heterocycles. The highest BCUT2D eigenvalue weighted by Gasteiger charge is 2.29. The molecule has 1 amide bonds. The minimum atomic E-state index is -1.23. The quantitative estimate of drug-likeness (QED) is 0.587. The Morgan fingerprint density at radius 2 is 1.79 bits per heavy atom.